The topological polar surface area (TPSA) is 63.1 Å². The van der Waals surface area contributed by atoms with Gasteiger partial charge in [0.15, 0.2) is 0 Å². The van der Waals surface area contributed by atoms with Crippen LogP contribution >= 0.6 is 0 Å². The molecular formula is C21H29N5O. The van der Waals surface area contributed by atoms with Gasteiger partial charge in [0.1, 0.15) is 11.6 Å². The molecule has 1 amide bonds. The molecule has 3 heterocycles. The van der Waals surface area contributed by atoms with Gasteiger partial charge in [-0.1, -0.05) is 23.8 Å². The molecule has 0 spiro atoms. The molecule has 0 radical (unpaired) electrons. The molecule has 0 atom stereocenters. The zero-order valence-corrected chi connectivity index (χ0v) is 16.4. The molecule has 0 unspecified atom stereocenters. The highest BCUT2D eigenvalue weighted by Crippen LogP contribution is 2.28. The van der Waals surface area contributed by atoms with E-state index in [0.29, 0.717) is 12.3 Å². The lowest BCUT2D eigenvalue weighted by Gasteiger charge is -2.32. The van der Waals surface area contributed by atoms with E-state index in [0.717, 1.165) is 63.6 Å². The van der Waals surface area contributed by atoms with E-state index in [1.807, 2.05) is 4.90 Å². The first kappa shape index (κ1) is 18.2. The van der Waals surface area contributed by atoms with E-state index < -0.39 is 0 Å². The lowest BCUT2D eigenvalue weighted by Crippen LogP contribution is -2.39. The first-order valence-corrected chi connectivity index (χ1v) is 10.1. The fourth-order valence-electron chi connectivity index (χ4n) is 4.33. The summed E-state index contributed by atoms with van der Waals surface area (Å²) in [5, 5.41) is 12.1. The third-order valence-corrected chi connectivity index (χ3v) is 5.97. The predicted octanol–water partition coefficient (Wildman–Crippen LogP) is 2.34. The number of nitrogens with one attached hydrogen (secondary N) is 1. The fourth-order valence-corrected chi connectivity index (χ4v) is 4.33. The minimum Gasteiger partial charge on any atom is -0.343 e. The number of carbonyl (C=O) groups is 1. The molecule has 1 N–H and O–H groups in total. The molecule has 6 heteroatoms. The normalized spacial score (nSPS) is 17.8. The van der Waals surface area contributed by atoms with Crippen molar-refractivity contribution < 1.29 is 4.79 Å². The standard InChI is InChI=1S/C21H29N5O/c1-15-3-4-17(16(2)13-15)5-6-20(27)25-10-7-18(8-11-25)21-24-23-19-14-22-9-12-26(19)21/h3-4,13,18,22H,5-12,14H2,1-2H3. The third kappa shape index (κ3) is 3.90. The van der Waals surface area contributed by atoms with E-state index in [1.54, 1.807) is 0 Å². The Morgan fingerprint density at radius 1 is 1.19 bits per heavy atom. The average molecular weight is 367 g/mol. The summed E-state index contributed by atoms with van der Waals surface area (Å²) in [6, 6.07) is 6.49. The molecule has 6 nitrogen and oxygen atoms in total. The lowest BCUT2D eigenvalue weighted by molar-refractivity contribution is -0.132. The Morgan fingerprint density at radius 3 is 2.78 bits per heavy atom. The van der Waals surface area contributed by atoms with Crippen LogP contribution in [0.25, 0.3) is 0 Å². The van der Waals surface area contributed by atoms with Crippen LogP contribution in [0.2, 0.25) is 0 Å². The maximum absolute atomic E-state index is 12.7. The van der Waals surface area contributed by atoms with E-state index in [-0.39, 0.29) is 5.91 Å². The first-order chi connectivity index (χ1) is 13.1. The SMILES string of the molecule is Cc1ccc(CCC(=O)N2CCC(c3nnc4n3CCNC4)CC2)c(C)c1. The molecule has 144 valence electrons. The van der Waals surface area contributed by atoms with Gasteiger partial charge in [-0.25, -0.2) is 0 Å². The van der Waals surface area contributed by atoms with Crippen LogP contribution in [-0.2, 0) is 24.3 Å². The van der Waals surface area contributed by atoms with E-state index >= 15 is 0 Å². The quantitative estimate of drug-likeness (QED) is 0.901. The van der Waals surface area contributed by atoms with Crippen molar-refractivity contribution >= 4 is 5.91 Å². The Bertz CT molecular complexity index is 820. The van der Waals surface area contributed by atoms with E-state index in [2.05, 4.69) is 52.1 Å². The van der Waals surface area contributed by atoms with Gasteiger partial charge in [-0.05, 0) is 44.2 Å². The van der Waals surface area contributed by atoms with E-state index in [9.17, 15) is 4.79 Å². The molecule has 27 heavy (non-hydrogen) atoms. The van der Waals surface area contributed by atoms with Crippen LogP contribution in [0.3, 0.4) is 0 Å². The summed E-state index contributed by atoms with van der Waals surface area (Å²) in [5.41, 5.74) is 3.84. The van der Waals surface area contributed by atoms with Gasteiger partial charge in [0.05, 0.1) is 6.54 Å². The summed E-state index contributed by atoms with van der Waals surface area (Å²) in [6.07, 6.45) is 3.40. The second-order valence-electron chi connectivity index (χ2n) is 7.89. The molecule has 0 aliphatic carbocycles. The Hall–Kier alpha value is -2.21. The van der Waals surface area contributed by atoms with Gasteiger partial charge in [-0.2, -0.15) is 0 Å². The van der Waals surface area contributed by atoms with Crippen molar-refractivity contribution in [2.45, 2.75) is 58.5 Å². The Labute approximate surface area is 161 Å². The second-order valence-corrected chi connectivity index (χ2v) is 7.89. The van der Waals surface area contributed by atoms with Gasteiger partial charge in [-0.15, -0.1) is 10.2 Å². The summed E-state index contributed by atoms with van der Waals surface area (Å²) >= 11 is 0. The second kappa shape index (κ2) is 7.80. The van der Waals surface area contributed by atoms with Crippen molar-refractivity contribution in [3.8, 4) is 0 Å². The van der Waals surface area contributed by atoms with Crippen LogP contribution < -0.4 is 5.32 Å². The summed E-state index contributed by atoms with van der Waals surface area (Å²) < 4.78 is 2.28. The van der Waals surface area contributed by atoms with Gasteiger partial charge < -0.3 is 14.8 Å². The monoisotopic (exact) mass is 367 g/mol. The molecule has 1 aromatic heterocycles. The molecule has 2 aliphatic heterocycles. The zero-order valence-electron chi connectivity index (χ0n) is 16.4. The van der Waals surface area contributed by atoms with Gasteiger partial charge in [0.2, 0.25) is 5.91 Å². The smallest absolute Gasteiger partial charge is 0.222 e. The number of likely N-dealkylation sites (tertiary alicyclic amines) is 1. The van der Waals surface area contributed by atoms with Crippen molar-refractivity contribution in [1.82, 2.24) is 25.0 Å². The van der Waals surface area contributed by atoms with Crippen LogP contribution in [-0.4, -0.2) is 45.2 Å². The number of amides is 1. The van der Waals surface area contributed by atoms with Gasteiger partial charge in [-0.3, -0.25) is 4.79 Å². The third-order valence-electron chi connectivity index (χ3n) is 5.97. The minimum absolute atomic E-state index is 0.279. The molecule has 2 aromatic rings. The van der Waals surface area contributed by atoms with Crippen molar-refractivity contribution in [1.29, 1.82) is 0 Å². The van der Waals surface area contributed by atoms with Crippen LogP contribution in [0, 0.1) is 13.8 Å². The van der Waals surface area contributed by atoms with E-state index in [4.69, 9.17) is 0 Å². The Morgan fingerprint density at radius 2 is 2.00 bits per heavy atom. The minimum atomic E-state index is 0.279. The molecule has 1 saturated heterocycles. The van der Waals surface area contributed by atoms with Crippen molar-refractivity contribution in [3.63, 3.8) is 0 Å². The van der Waals surface area contributed by atoms with Crippen LogP contribution in [0.1, 0.15) is 53.5 Å². The van der Waals surface area contributed by atoms with Crippen LogP contribution in [0.5, 0.6) is 0 Å². The fraction of sp³-hybridized carbons (Fsp3) is 0.571. The maximum Gasteiger partial charge on any atom is 0.222 e. The molecule has 1 aromatic carbocycles. The average Bonchev–Trinajstić information content (AvgIpc) is 3.11. The Kier molecular flexibility index (Phi) is 5.25. The van der Waals surface area contributed by atoms with Gasteiger partial charge in [0.25, 0.3) is 0 Å². The number of benzene rings is 1. The van der Waals surface area contributed by atoms with Gasteiger partial charge >= 0.3 is 0 Å². The molecular weight excluding hydrogens is 338 g/mol. The number of aryl methyl sites for hydroxylation is 3. The molecule has 0 bridgehead atoms. The van der Waals surface area contributed by atoms with Crippen LogP contribution in [0.15, 0.2) is 18.2 Å². The predicted molar refractivity (Wildman–Crippen MR) is 105 cm³/mol. The van der Waals surface area contributed by atoms with Crippen molar-refractivity contribution in [3.05, 3.63) is 46.5 Å². The highest BCUT2D eigenvalue weighted by atomic mass is 16.2. The summed E-state index contributed by atoms with van der Waals surface area (Å²) in [7, 11) is 0. The number of aromatic nitrogens is 3. The van der Waals surface area contributed by atoms with Gasteiger partial charge in [0, 0.05) is 38.5 Å². The van der Waals surface area contributed by atoms with Crippen molar-refractivity contribution in [2.24, 2.45) is 0 Å². The van der Waals surface area contributed by atoms with Crippen molar-refractivity contribution in [2.75, 3.05) is 19.6 Å². The lowest BCUT2D eigenvalue weighted by atomic mass is 9.95. The van der Waals surface area contributed by atoms with E-state index in [1.165, 1.54) is 16.7 Å². The number of fused-ring (bicyclic) bond motifs is 1. The molecule has 2 aliphatic rings. The Balaban J connectivity index is 1.31. The van der Waals surface area contributed by atoms with Crippen LogP contribution in [0.4, 0.5) is 0 Å². The molecule has 0 saturated carbocycles. The first-order valence-electron chi connectivity index (χ1n) is 10.1. The summed E-state index contributed by atoms with van der Waals surface area (Å²) in [6.45, 7) is 8.64. The number of rotatable bonds is 4. The highest BCUT2D eigenvalue weighted by molar-refractivity contribution is 5.76. The molecule has 1 fully saturated rings. The number of hydrogen-bond donors (Lipinski definition) is 1. The molecule has 4 rings (SSSR count). The number of piperidine rings is 1. The number of nitrogens with zero attached hydrogens (tertiary/aromatic N) is 4. The number of hydrogen-bond acceptors (Lipinski definition) is 4. The zero-order chi connectivity index (χ0) is 18.8. The summed E-state index contributed by atoms with van der Waals surface area (Å²) in [4.78, 5) is 14.7. The maximum atomic E-state index is 12.7. The highest BCUT2D eigenvalue weighted by Gasteiger charge is 2.28. The number of carbonyl (C=O) groups excluding carboxylic acids is 1. The summed E-state index contributed by atoms with van der Waals surface area (Å²) in [5.74, 6) is 2.87. The largest absolute Gasteiger partial charge is 0.343 e.